The SMILES string of the molecule is O=C(CCCC(=O)NCC1CCCCC1)NCCCOc1ccc(-c2ccc(CC(=O)NCc3ccccc3)nc2)cc1. The number of pyridine rings is 1. The largest absolute Gasteiger partial charge is 0.494 e. The van der Waals surface area contributed by atoms with Crippen LogP contribution in [0.15, 0.2) is 72.9 Å². The third-order valence-corrected chi connectivity index (χ3v) is 7.72. The van der Waals surface area contributed by atoms with Gasteiger partial charge in [0.25, 0.3) is 0 Å². The Morgan fingerprint density at radius 3 is 2.19 bits per heavy atom. The molecule has 8 heteroatoms. The third-order valence-electron chi connectivity index (χ3n) is 7.72. The van der Waals surface area contributed by atoms with Crippen molar-refractivity contribution in [2.75, 3.05) is 19.7 Å². The highest BCUT2D eigenvalue weighted by molar-refractivity contribution is 5.79. The van der Waals surface area contributed by atoms with E-state index in [2.05, 4.69) is 20.9 Å². The Bertz CT molecular complexity index is 1270. The van der Waals surface area contributed by atoms with Gasteiger partial charge in [0, 0.05) is 49.9 Å². The first kappa shape index (κ1) is 31.7. The molecule has 1 fully saturated rings. The maximum absolute atomic E-state index is 12.3. The van der Waals surface area contributed by atoms with Crippen LogP contribution in [0.25, 0.3) is 11.1 Å². The second-order valence-corrected chi connectivity index (χ2v) is 11.2. The van der Waals surface area contributed by atoms with Crippen LogP contribution in [0.1, 0.15) is 69.0 Å². The summed E-state index contributed by atoms with van der Waals surface area (Å²) in [5.74, 6) is 1.33. The molecule has 3 aromatic rings. The number of amides is 3. The average molecular weight is 585 g/mol. The van der Waals surface area contributed by atoms with Crippen LogP contribution < -0.4 is 20.7 Å². The Hall–Kier alpha value is -4.20. The number of hydrogen-bond acceptors (Lipinski definition) is 5. The summed E-state index contributed by atoms with van der Waals surface area (Å²) in [5.41, 5.74) is 3.75. The van der Waals surface area contributed by atoms with E-state index < -0.39 is 0 Å². The molecule has 0 aliphatic heterocycles. The second kappa shape index (κ2) is 17.7. The number of benzene rings is 2. The van der Waals surface area contributed by atoms with Crippen molar-refractivity contribution in [2.45, 2.75) is 70.8 Å². The predicted molar refractivity (Wildman–Crippen MR) is 168 cm³/mol. The molecular formula is C35H44N4O4. The summed E-state index contributed by atoms with van der Waals surface area (Å²) in [5, 5.41) is 8.86. The summed E-state index contributed by atoms with van der Waals surface area (Å²) in [4.78, 5) is 40.8. The van der Waals surface area contributed by atoms with Gasteiger partial charge in [0.1, 0.15) is 5.75 Å². The summed E-state index contributed by atoms with van der Waals surface area (Å²) < 4.78 is 5.82. The summed E-state index contributed by atoms with van der Waals surface area (Å²) in [7, 11) is 0. The van der Waals surface area contributed by atoms with Gasteiger partial charge in [0.15, 0.2) is 0 Å². The molecule has 1 aliphatic carbocycles. The lowest BCUT2D eigenvalue weighted by Crippen LogP contribution is -2.30. The van der Waals surface area contributed by atoms with Crippen LogP contribution >= 0.6 is 0 Å². The highest BCUT2D eigenvalue weighted by Crippen LogP contribution is 2.23. The summed E-state index contributed by atoms with van der Waals surface area (Å²) in [6, 6.07) is 21.5. The van der Waals surface area contributed by atoms with Crippen molar-refractivity contribution >= 4 is 17.7 Å². The molecule has 228 valence electrons. The van der Waals surface area contributed by atoms with Crippen molar-refractivity contribution in [1.29, 1.82) is 0 Å². The van der Waals surface area contributed by atoms with Gasteiger partial charge < -0.3 is 20.7 Å². The van der Waals surface area contributed by atoms with Crippen molar-refractivity contribution in [3.8, 4) is 16.9 Å². The standard InChI is InChI=1S/C35H44N4O4/c40-33(13-7-14-34(41)38-24-27-9-3-1-4-10-27)36-21-8-22-43-32-19-16-29(17-20-32)30-15-18-31(37-26-30)23-35(42)39-25-28-11-5-2-6-12-28/h2,5-6,11-12,15-20,26-27H,1,3-4,7-10,13-14,21-25H2,(H,36,40)(H,38,41)(H,39,42). The molecule has 8 nitrogen and oxygen atoms in total. The second-order valence-electron chi connectivity index (χ2n) is 11.2. The minimum absolute atomic E-state index is 0.0307. The van der Waals surface area contributed by atoms with Crippen LogP contribution in [-0.2, 0) is 27.3 Å². The zero-order valence-corrected chi connectivity index (χ0v) is 25.0. The fraction of sp³-hybridized carbons (Fsp3) is 0.429. The van der Waals surface area contributed by atoms with Crippen LogP contribution in [0.5, 0.6) is 5.75 Å². The number of rotatable bonds is 16. The molecule has 0 saturated heterocycles. The molecule has 0 bridgehead atoms. The van der Waals surface area contributed by atoms with Gasteiger partial charge in [-0.3, -0.25) is 19.4 Å². The van der Waals surface area contributed by atoms with Gasteiger partial charge in [-0.05, 0) is 60.9 Å². The van der Waals surface area contributed by atoms with E-state index in [1.165, 1.54) is 32.1 Å². The Morgan fingerprint density at radius 1 is 0.744 bits per heavy atom. The van der Waals surface area contributed by atoms with Crippen molar-refractivity contribution in [1.82, 2.24) is 20.9 Å². The maximum Gasteiger partial charge on any atom is 0.226 e. The Morgan fingerprint density at radius 2 is 1.47 bits per heavy atom. The lowest BCUT2D eigenvalue weighted by molar-refractivity contribution is -0.123. The lowest BCUT2D eigenvalue weighted by atomic mass is 9.89. The first-order chi connectivity index (χ1) is 21.0. The number of ether oxygens (including phenoxy) is 1. The summed E-state index contributed by atoms with van der Waals surface area (Å²) in [6.45, 7) is 2.30. The highest BCUT2D eigenvalue weighted by Gasteiger charge is 2.14. The molecule has 1 aromatic heterocycles. The zero-order valence-electron chi connectivity index (χ0n) is 25.0. The van der Waals surface area contributed by atoms with Gasteiger partial charge in [0.2, 0.25) is 17.7 Å². The Balaban J connectivity index is 1.05. The minimum Gasteiger partial charge on any atom is -0.494 e. The Kier molecular flexibility index (Phi) is 13.1. The average Bonchev–Trinajstić information content (AvgIpc) is 3.04. The number of nitrogens with zero attached hydrogens (tertiary/aromatic N) is 1. The molecule has 0 radical (unpaired) electrons. The van der Waals surface area contributed by atoms with Crippen molar-refractivity contribution in [3.63, 3.8) is 0 Å². The Labute approximate surface area is 255 Å². The molecular weight excluding hydrogens is 540 g/mol. The first-order valence-corrected chi connectivity index (χ1v) is 15.6. The minimum atomic E-state index is -0.0607. The van der Waals surface area contributed by atoms with Gasteiger partial charge in [0.05, 0.1) is 13.0 Å². The highest BCUT2D eigenvalue weighted by atomic mass is 16.5. The zero-order chi connectivity index (χ0) is 30.1. The topological polar surface area (TPSA) is 109 Å². The quantitative estimate of drug-likeness (QED) is 0.197. The number of carbonyl (C=O) groups is 3. The third kappa shape index (κ3) is 11.9. The van der Waals surface area contributed by atoms with E-state index >= 15 is 0 Å². The number of nitrogens with one attached hydrogen (secondary N) is 3. The van der Waals surface area contributed by atoms with E-state index in [4.69, 9.17) is 4.74 Å². The van der Waals surface area contributed by atoms with Crippen molar-refractivity contribution < 1.29 is 19.1 Å². The molecule has 2 aromatic carbocycles. The van der Waals surface area contributed by atoms with Gasteiger partial charge in [-0.25, -0.2) is 0 Å². The van der Waals surface area contributed by atoms with Crippen molar-refractivity contribution in [2.24, 2.45) is 5.92 Å². The molecule has 4 rings (SSSR count). The smallest absolute Gasteiger partial charge is 0.226 e. The van der Waals surface area contributed by atoms with E-state index in [0.29, 0.717) is 51.3 Å². The first-order valence-electron chi connectivity index (χ1n) is 15.6. The number of hydrogen-bond donors (Lipinski definition) is 3. The number of aromatic nitrogens is 1. The maximum atomic E-state index is 12.3. The van der Waals surface area contributed by atoms with E-state index in [-0.39, 0.29) is 24.1 Å². The fourth-order valence-electron chi connectivity index (χ4n) is 5.19. The number of carbonyl (C=O) groups excluding carboxylic acids is 3. The molecule has 0 atom stereocenters. The summed E-state index contributed by atoms with van der Waals surface area (Å²) >= 11 is 0. The predicted octanol–water partition coefficient (Wildman–Crippen LogP) is 5.36. The van der Waals surface area contributed by atoms with E-state index in [1.54, 1.807) is 6.20 Å². The van der Waals surface area contributed by atoms with Crippen molar-refractivity contribution in [3.05, 3.63) is 84.2 Å². The molecule has 0 spiro atoms. The van der Waals surface area contributed by atoms with Crippen LogP contribution in [0.4, 0.5) is 0 Å². The van der Waals surface area contributed by atoms with Crippen LogP contribution in [0.3, 0.4) is 0 Å². The molecule has 3 amide bonds. The molecule has 1 heterocycles. The van der Waals surface area contributed by atoms with Crippen LogP contribution in [0.2, 0.25) is 0 Å². The van der Waals surface area contributed by atoms with Crippen LogP contribution in [-0.4, -0.2) is 42.4 Å². The van der Waals surface area contributed by atoms with Gasteiger partial charge >= 0.3 is 0 Å². The molecule has 3 N–H and O–H groups in total. The van der Waals surface area contributed by atoms with E-state index in [0.717, 1.165) is 34.7 Å². The van der Waals surface area contributed by atoms with Gasteiger partial charge in [-0.1, -0.05) is 67.8 Å². The fourth-order valence-corrected chi connectivity index (χ4v) is 5.19. The van der Waals surface area contributed by atoms with Gasteiger partial charge in [-0.15, -0.1) is 0 Å². The molecule has 0 unspecified atom stereocenters. The summed E-state index contributed by atoms with van der Waals surface area (Å²) in [6.07, 6.45) is 10.3. The van der Waals surface area contributed by atoms with E-state index in [9.17, 15) is 14.4 Å². The van der Waals surface area contributed by atoms with Gasteiger partial charge in [-0.2, -0.15) is 0 Å². The monoisotopic (exact) mass is 584 g/mol. The van der Waals surface area contributed by atoms with E-state index in [1.807, 2.05) is 66.7 Å². The molecule has 1 saturated carbocycles. The lowest BCUT2D eigenvalue weighted by Gasteiger charge is -2.21. The normalized spacial score (nSPS) is 13.2. The molecule has 1 aliphatic rings. The molecule has 43 heavy (non-hydrogen) atoms. The van der Waals surface area contributed by atoms with Crippen LogP contribution in [0, 0.1) is 5.92 Å².